The van der Waals surface area contributed by atoms with E-state index >= 15 is 0 Å². The van der Waals surface area contributed by atoms with Crippen LogP contribution in [0.1, 0.15) is 26.7 Å². The minimum Gasteiger partial charge on any atom is -0.442 e. The summed E-state index contributed by atoms with van der Waals surface area (Å²) in [6.45, 7) is 4.09. The topological polar surface area (TPSA) is 91.4 Å². The first kappa shape index (κ1) is 22.7. The van der Waals surface area contributed by atoms with Crippen LogP contribution in [-0.2, 0) is 19.2 Å². The molecule has 0 radical (unpaired) electrons. The molecule has 3 amide bonds. The number of cyclic esters (lactones) is 1. The van der Waals surface area contributed by atoms with Crippen molar-refractivity contribution in [2.24, 2.45) is 0 Å². The van der Waals surface area contributed by atoms with Gasteiger partial charge in [0.2, 0.25) is 11.8 Å². The molecule has 0 unspecified atom stereocenters. The highest BCUT2D eigenvalue weighted by molar-refractivity contribution is 5.90. The van der Waals surface area contributed by atoms with Crippen LogP contribution in [0.4, 0.5) is 25.0 Å². The number of carbonyl (C=O) groups is 3. The van der Waals surface area contributed by atoms with Crippen molar-refractivity contribution < 1.29 is 32.7 Å². The lowest BCUT2D eigenvalue weighted by molar-refractivity contribution is -0.181. The second-order valence-corrected chi connectivity index (χ2v) is 7.38. The zero-order valence-electron chi connectivity index (χ0n) is 17.5. The Bertz CT molecular complexity index is 830. The first-order valence-electron chi connectivity index (χ1n) is 10.2. The van der Waals surface area contributed by atoms with Crippen LogP contribution >= 0.6 is 0 Å². The van der Waals surface area contributed by atoms with Gasteiger partial charge in [0.15, 0.2) is 11.6 Å². The van der Waals surface area contributed by atoms with E-state index in [0.29, 0.717) is 12.8 Å². The molecule has 1 aromatic carbocycles. The number of rotatable bonds is 6. The van der Waals surface area contributed by atoms with Gasteiger partial charge in [-0.25, -0.2) is 18.6 Å². The Balaban J connectivity index is 1.71. The summed E-state index contributed by atoms with van der Waals surface area (Å²) in [6, 6.07) is 2.15. The maximum Gasteiger partial charge on any atom is 0.414 e. The average molecular weight is 440 g/mol. The predicted molar refractivity (Wildman–Crippen MR) is 107 cm³/mol. The summed E-state index contributed by atoms with van der Waals surface area (Å²) in [4.78, 5) is 43.2. The standard InChI is InChI=1S/C20H26F2N4O5/c1-3-4-18(28)26-6-5-24(7-8-30-26)19-16(21)9-14(10-17(19)22)25-12-15(31-20(25)29)11-23-13(2)27/h9-10,15H,3-8,11-12H2,1-2H3,(H,23,27)/t15-/m0/s1. The fourth-order valence-electron chi connectivity index (χ4n) is 3.51. The molecule has 0 spiro atoms. The SMILES string of the molecule is CCCC(=O)N1CCN(c2c(F)cc(N3C[C@H](CNC(C)=O)OC3=O)cc2F)CCO1. The highest BCUT2D eigenvalue weighted by atomic mass is 19.1. The first-order valence-corrected chi connectivity index (χ1v) is 10.2. The third kappa shape index (κ3) is 5.40. The maximum atomic E-state index is 14.9. The number of nitrogens with zero attached hydrogens (tertiary/aromatic N) is 3. The molecule has 0 saturated carbocycles. The van der Waals surface area contributed by atoms with Gasteiger partial charge in [0, 0.05) is 38.6 Å². The number of halogens is 2. The van der Waals surface area contributed by atoms with Gasteiger partial charge in [0.1, 0.15) is 11.8 Å². The number of hydroxylamine groups is 2. The Morgan fingerprint density at radius 1 is 1.19 bits per heavy atom. The minimum atomic E-state index is -0.832. The number of benzene rings is 1. The molecule has 31 heavy (non-hydrogen) atoms. The van der Waals surface area contributed by atoms with Gasteiger partial charge in [-0.3, -0.25) is 19.3 Å². The van der Waals surface area contributed by atoms with Gasteiger partial charge in [0.25, 0.3) is 0 Å². The second-order valence-electron chi connectivity index (χ2n) is 7.38. The smallest absolute Gasteiger partial charge is 0.414 e. The van der Waals surface area contributed by atoms with Crippen LogP contribution in [0.25, 0.3) is 0 Å². The van der Waals surface area contributed by atoms with E-state index in [1.54, 1.807) is 0 Å². The molecule has 9 nitrogen and oxygen atoms in total. The van der Waals surface area contributed by atoms with Crippen molar-refractivity contribution in [3.63, 3.8) is 0 Å². The quantitative estimate of drug-likeness (QED) is 0.726. The lowest BCUT2D eigenvalue weighted by Gasteiger charge is -2.24. The molecule has 2 fully saturated rings. The summed E-state index contributed by atoms with van der Waals surface area (Å²) in [7, 11) is 0. The summed E-state index contributed by atoms with van der Waals surface area (Å²) in [5.74, 6) is -2.10. The Labute approximate surface area is 178 Å². The van der Waals surface area contributed by atoms with Crippen LogP contribution in [0.5, 0.6) is 0 Å². The van der Waals surface area contributed by atoms with Gasteiger partial charge in [-0.05, 0) is 6.42 Å². The van der Waals surface area contributed by atoms with E-state index in [0.717, 1.165) is 17.0 Å². The molecule has 3 rings (SSSR count). The Kier molecular flexibility index (Phi) is 7.26. The Morgan fingerprint density at radius 2 is 1.90 bits per heavy atom. The summed E-state index contributed by atoms with van der Waals surface area (Å²) in [6.07, 6.45) is -0.337. The van der Waals surface area contributed by atoms with E-state index in [1.165, 1.54) is 16.9 Å². The molecule has 0 bridgehead atoms. The molecule has 0 aromatic heterocycles. The second kappa shape index (κ2) is 9.90. The number of amides is 3. The van der Waals surface area contributed by atoms with Gasteiger partial charge in [-0.1, -0.05) is 6.92 Å². The van der Waals surface area contributed by atoms with E-state index < -0.39 is 23.8 Å². The van der Waals surface area contributed by atoms with E-state index in [-0.39, 0.29) is 62.5 Å². The van der Waals surface area contributed by atoms with Crippen molar-refractivity contribution in [1.82, 2.24) is 10.4 Å². The monoisotopic (exact) mass is 440 g/mol. The van der Waals surface area contributed by atoms with Crippen LogP contribution in [0.2, 0.25) is 0 Å². The largest absolute Gasteiger partial charge is 0.442 e. The van der Waals surface area contributed by atoms with E-state index in [1.807, 2.05) is 6.92 Å². The maximum absolute atomic E-state index is 14.9. The van der Waals surface area contributed by atoms with E-state index in [2.05, 4.69) is 5.32 Å². The molecular formula is C20H26F2N4O5. The lowest BCUT2D eigenvalue weighted by Crippen LogP contribution is -2.35. The van der Waals surface area contributed by atoms with Gasteiger partial charge in [-0.15, -0.1) is 0 Å². The zero-order valence-corrected chi connectivity index (χ0v) is 17.5. The first-order chi connectivity index (χ1) is 14.8. The minimum absolute atomic E-state index is 0.0277. The van der Waals surface area contributed by atoms with E-state index in [4.69, 9.17) is 9.57 Å². The number of ether oxygens (including phenoxy) is 1. The number of nitrogens with one attached hydrogen (secondary N) is 1. The Hall–Kier alpha value is -2.95. The van der Waals surface area contributed by atoms with E-state index in [9.17, 15) is 23.2 Å². The highest BCUT2D eigenvalue weighted by Crippen LogP contribution is 2.31. The van der Waals surface area contributed by atoms with Crippen molar-refractivity contribution in [3.8, 4) is 0 Å². The predicted octanol–water partition coefficient (Wildman–Crippen LogP) is 1.81. The molecule has 2 aliphatic rings. The van der Waals surface area contributed by atoms with Crippen LogP contribution in [0.3, 0.4) is 0 Å². The van der Waals surface area contributed by atoms with Gasteiger partial charge in [-0.2, -0.15) is 0 Å². The summed E-state index contributed by atoms with van der Waals surface area (Å²) < 4.78 is 34.9. The summed E-state index contributed by atoms with van der Waals surface area (Å²) in [5.41, 5.74) is -0.209. The third-order valence-electron chi connectivity index (χ3n) is 5.01. The third-order valence-corrected chi connectivity index (χ3v) is 5.01. The molecule has 170 valence electrons. The molecule has 11 heteroatoms. The van der Waals surface area contributed by atoms with Crippen LogP contribution in [0.15, 0.2) is 12.1 Å². The van der Waals surface area contributed by atoms with Crippen molar-refractivity contribution in [3.05, 3.63) is 23.8 Å². The normalized spacial score (nSPS) is 19.3. The molecule has 1 atom stereocenters. The number of anilines is 2. The molecule has 1 N–H and O–H groups in total. The van der Waals surface area contributed by atoms with Crippen molar-refractivity contribution in [1.29, 1.82) is 0 Å². The van der Waals surface area contributed by atoms with Crippen LogP contribution < -0.4 is 15.1 Å². The lowest BCUT2D eigenvalue weighted by atomic mass is 10.2. The summed E-state index contributed by atoms with van der Waals surface area (Å²) in [5, 5.41) is 3.78. The number of hydrogen-bond donors (Lipinski definition) is 1. The zero-order chi connectivity index (χ0) is 22.5. The van der Waals surface area contributed by atoms with Crippen molar-refractivity contribution in [2.45, 2.75) is 32.8 Å². The van der Waals surface area contributed by atoms with Gasteiger partial charge < -0.3 is 15.0 Å². The van der Waals surface area contributed by atoms with Crippen LogP contribution in [0, 0.1) is 11.6 Å². The fraction of sp³-hybridized carbons (Fsp3) is 0.550. The summed E-state index contributed by atoms with van der Waals surface area (Å²) >= 11 is 0. The molecule has 2 saturated heterocycles. The average Bonchev–Trinajstić information content (AvgIpc) is 2.91. The molecule has 2 aliphatic heterocycles. The van der Waals surface area contributed by atoms with Gasteiger partial charge in [0.05, 0.1) is 31.9 Å². The fourth-order valence-corrected chi connectivity index (χ4v) is 3.51. The number of hydrogen-bond acceptors (Lipinski definition) is 6. The Morgan fingerprint density at radius 3 is 2.55 bits per heavy atom. The molecule has 0 aliphatic carbocycles. The molecule has 1 aromatic rings. The van der Waals surface area contributed by atoms with Crippen molar-refractivity contribution >= 4 is 29.3 Å². The molecule has 2 heterocycles. The van der Waals surface area contributed by atoms with Crippen molar-refractivity contribution in [2.75, 3.05) is 49.1 Å². The van der Waals surface area contributed by atoms with Gasteiger partial charge >= 0.3 is 6.09 Å². The number of carbonyl (C=O) groups excluding carboxylic acids is 3. The molecular weight excluding hydrogens is 414 g/mol. The highest BCUT2D eigenvalue weighted by Gasteiger charge is 2.34. The van der Waals surface area contributed by atoms with Crippen LogP contribution in [-0.4, -0.2) is 68.4 Å².